The standard InChI is InChI=1S/C24H31FN2O5/c25-19-4-1-3-18-16-5-7-17(8-6-16)32-13-20-24(15-30-14-21(28)26-24)10-2-11-27(20)22(29)9-12-31-23(18)19/h1,3-4,16-17,20H,2,5-15H2,(H,26,28)/t16-,17+,20-,24+/m1/s1. The molecule has 1 saturated carbocycles. The van der Waals surface area contributed by atoms with Gasteiger partial charge >= 0.3 is 0 Å². The molecule has 1 aromatic rings. The van der Waals surface area contributed by atoms with Crippen molar-refractivity contribution in [2.45, 2.75) is 68.5 Å². The first-order valence-electron chi connectivity index (χ1n) is 11.8. The molecule has 4 aliphatic heterocycles. The van der Waals surface area contributed by atoms with E-state index in [1.807, 2.05) is 11.0 Å². The third kappa shape index (κ3) is 4.10. The topological polar surface area (TPSA) is 77.1 Å². The van der Waals surface area contributed by atoms with Crippen molar-refractivity contribution in [2.24, 2.45) is 0 Å². The average Bonchev–Trinajstić information content (AvgIpc) is 2.79. The second-order valence-electron chi connectivity index (χ2n) is 9.47. The van der Waals surface area contributed by atoms with Crippen LogP contribution in [0.15, 0.2) is 18.2 Å². The third-order valence-corrected chi connectivity index (χ3v) is 7.50. The molecule has 6 rings (SSSR count). The number of fused-ring (bicyclic) bond motifs is 6. The minimum atomic E-state index is -0.628. The first-order valence-corrected chi connectivity index (χ1v) is 11.8. The van der Waals surface area contributed by atoms with Crippen LogP contribution in [-0.4, -0.2) is 67.4 Å². The fourth-order valence-corrected chi connectivity index (χ4v) is 5.87. The maximum Gasteiger partial charge on any atom is 0.246 e. The highest BCUT2D eigenvalue weighted by molar-refractivity contribution is 5.80. The number of ether oxygens (including phenoxy) is 3. The van der Waals surface area contributed by atoms with E-state index in [9.17, 15) is 14.0 Å². The molecule has 0 aromatic heterocycles. The number of halogens is 1. The summed E-state index contributed by atoms with van der Waals surface area (Å²) in [6.07, 6.45) is 5.31. The number of nitrogens with one attached hydrogen (secondary N) is 1. The highest BCUT2D eigenvalue weighted by Gasteiger charge is 2.49. The first-order chi connectivity index (χ1) is 15.6. The van der Waals surface area contributed by atoms with E-state index in [4.69, 9.17) is 14.2 Å². The van der Waals surface area contributed by atoms with Crippen molar-refractivity contribution >= 4 is 11.8 Å². The lowest BCUT2D eigenvalue weighted by Crippen LogP contribution is -2.72. The van der Waals surface area contributed by atoms with Gasteiger partial charge in [-0.2, -0.15) is 0 Å². The maximum absolute atomic E-state index is 14.6. The highest BCUT2D eigenvalue weighted by Crippen LogP contribution is 2.40. The molecule has 3 fully saturated rings. The summed E-state index contributed by atoms with van der Waals surface area (Å²) in [6, 6.07) is 4.79. The van der Waals surface area contributed by atoms with E-state index < -0.39 is 5.54 Å². The summed E-state index contributed by atoms with van der Waals surface area (Å²) in [5, 5.41) is 3.13. The van der Waals surface area contributed by atoms with E-state index in [0.29, 0.717) is 19.8 Å². The van der Waals surface area contributed by atoms with Gasteiger partial charge in [0.15, 0.2) is 11.6 Å². The number of rotatable bonds is 0. The van der Waals surface area contributed by atoms with E-state index in [0.717, 1.165) is 44.1 Å². The molecular weight excluding hydrogens is 415 g/mol. The van der Waals surface area contributed by atoms with Crippen molar-refractivity contribution in [1.82, 2.24) is 10.2 Å². The fourth-order valence-electron chi connectivity index (χ4n) is 5.87. The largest absolute Gasteiger partial charge is 0.490 e. The van der Waals surface area contributed by atoms with Gasteiger partial charge in [0.25, 0.3) is 0 Å². The molecule has 0 radical (unpaired) electrons. The van der Waals surface area contributed by atoms with Crippen LogP contribution >= 0.6 is 0 Å². The van der Waals surface area contributed by atoms with Crippen LogP contribution in [0.1, 0.15) is 56.4 Å². The Balaban J connectivity index is 1.43. The van der Waals surface area contributed by atoms with Gasteiger partial charge in [-0.1, -0.05) is 12.1 Å². The van der Waals surface area contributed by atoms with E-state index in [-0.39, 0.29) is 61.1 Å². The van der Waals surface area contributed by atoms with Crippen molar-refractivity contribution < 1.29 is 28.2 Å². The predicted octanol–water partition coefficient (Wildman–Crippen LogP) is 2.53. The second kappa shape index (κ2) is 8.98. The lowest BCUT2D eigenvalue weighted by atomic mass is 9.80. The SMILES string of the molecule is O=C1COC[C@]2(CCCN3C(=O)CCOc4c(F)cccc4[C@H]4CC[C@H](CC4)OC[C@@H]32)N1. The summed E-state index contributed by atoms with van der Waals surface area (Å²) >= 11 is 0. The Labute approximate surface area is 187 Å². The summed E-state index contributed by atoms with van der Waals surface area (Å²) in [5.74, 6) is -0.0974. The van der Waals surface area contributed by atoms with Gasteiger partial charge in [-0.15, -0.1) is 0 Å². The monoisotopic (exact) mass is 446 g/mol. The number of hydrogen-bond acceptors (Lipinski definition) is 5. The molecule has 7 nitrogen and oxygen atoms in total. The van der Waals surface area contributed by atoms with Crippen LogP contribution in [0, 0.1) is 5.82 Å². The number of carbonyl (C=O) groups excluding carboxylic acids is 2. The summed E-state index contributed by atoms with van der Waals surface area (Å²) in [6.45, 7) is 1.51. The molecule has 2 bridgehead atoms. The molecule has 1 aromatic carbocycles. The van der Waals surface area contributed by atoms with Gasteiger partial charge in [-0.3, -0.25) is 9.59 Å². The number of nitrogens with zero attached hydrogens (tertiary/aromatic N) is 1. The Morgan fingerprint density at radius 3 is 2.81 bits per heavy atom. The van der Waals surface area contributed by atoms with E-state index in [2.05, 4.69) is 5.32 Å². The predicted molar refractivity (Wildman–Crippen MR) is 114 cm³/mol. The maximum atomic E-state index is 14.6. The number of amides is 2. The molecule has 2 saturated heterocycles. The Hall–Kier alpha value is -2.19. The highest BCUT2D eigenvalue weighted by atomic mass is 19.1. The van der Waals surface area contributed by atoms with Gasteiger partial charge < -0.3 is 24.4 Å². The number of hydrogen-bond donors (Lipinski definition) is 1. The summed E-state index contributed by atoms with van der Waals surface area (Å²) in [7, 11) is 0. The van der Waals surface area contributed by atoms with Crippen molar-refractivity contribution in [3.8, 4) is 5.75 Å². The third-order valence-electron chi connectivity index (χ3n) is 7.50. The van der Waals surface area contributed by atoms with Gasteiger partial charge in [-0.25, -0.2) is 4.39 Å². The first kappa shape index (κ1) is 21.6. The van der Waals surface area contributed by atoms with Gasteiger partial charge in [0, 0.05) is 12.1 Å². The normalized spacial score (nSPS) is 33.7. The van der Waals surface area contributed by atoms with Crippen LogP contribution in [-0.2, 0) is 19.1 Å². The Bertz CT molecular complexity index is 868. The number of para-hydroxylation sites is 1. The average molecular weight is 447 g/mol. The zero-order chi connectivity index (χ0) is 22.1. The summed E-state index contributed by atoms with van der Waals surface area (Å²) in [5.41, 5.74) is 0.265. The lowest BCUT2D eigenvalue weighted by molar-refractivity contribution is -0.155. The Kier molecular flexibility index (Phi) is 6.07. The molecule has 8 heteroatoms. The zero-order valence-electron chi connectivity index (χ0n) is 18.3. The Morgan fingerprint density at radius 2 is 2.00 bits per heavy atom. The molecule has 174 valence electrons. The number of piperidine rings is 1. The second-order valence-corrected chi connectivity index (χ2v) is 9.47. The molecule has 2 atom stereocenters. The van der Waals surface area contributed by atoms with Crippen molar-refractivity contribution in [1.29, 1.82) is 0 Å². The molecule has 5 aliphatic rings. The quantitative estimate of drug-likeness (QED) is 0.663. The molecule has 4 heterocycles. The van der Waals surface area contributed by atoms with Crippen molar-refractivity contribution in [3.05, 3.63) is 29.6 Å². The molecule has 1 aliphatic carbocycles. The van der Waals surface area contributed by atoms with Crippen LogP contribution < -0.4 is 10.1 Å². The minimum absolute atomic E-state index is 0.0477. The fraction of sp³-hybridized carbons (Fsp3) is 0.667. The van der Waals surface area contributed by atoms with Crippen LogP contribution in [0.5, 0.6) is 5.75 Å². The van der Waals surface area contributed by atoms with Gasteiger partial charge in [-0.05, 0) is 50.5 Å². The molecule has 1 N–H and O–H groups in total. The van der Waals surface area contributed by atoms with Crippen LogP contribution in [0.25, 0.3) is 0 Å². The van der Waals surface area contributed by atoms with Crippen molar-refractivity contribution in [3.63, 3.8) is 0 Å². The van der Waals surface area contributed by atoms with E-state index in [1.165, 1.54) is 6.07 Å². The van der Waals surface area contributed by atoms with Gasteiger partial charge in [0.1, 0.15) is 6.61 Å². The molecule has 0 unspecified atom stereocenters. The van der Waals surface area contributed by atoms with Crippen molar-refractivity contribution in [2.75, 3.05) is 33.0 Å². The van der Waals surface area contributed by atoms with Gasteiger partial charge in [0.05, 0.1) is 43.9 Å². The van der Waals surface area contributed by atoms with E-state index in [1.54, 1.807) is 6.07 Å². The van der Waals surface area contributed by atoms with Gasteiger partial charge in [0.2, 0.25) is 11.8 Å². The van der Waals surface area contributed by atoms with Crippen LogP contribution in [0.3, 0.4) is 0 Å². The smallest absolute Gasteiger partial charge is 0.246 e. The summed E-state index contributed by atoms with van der Waals surface area (Å²) < 4.78 is 32.4. The molecule has 2 amide bonds. The Morgan fingerprint density at radius 1 is 1.16 bits per heavy atom. The molecule has 1 spiro atoms. The molecule has 32 heavy (non-hydrogen) atoms. The molecular formula is C24H31FN2O5. The van der Waals surface area contributed by atoms with E-state index >= 15 is 0 Å². The van der Waals surface area contributed by atoms with Crippen LogP contribution in [0.2, 0.25) is 0 Å². The number of morpholine rings is 1. The van der Waals surface area contributed by atoms with Crippen LogP contribution in [0.4, 0.5) is 4.39 Å². The number of carbonyl (C=O) groups is 2. The lowest BCUT2D eigenvalue weighted by Gasteiger charge is -2.51. The number of benzene rings is 1. The minimum Gasteiger partial charge on any atom is -0.490 e. The summed E-state index contributed by atoms with van der Waals surface area (Å²) in [4.78, 5) is 27.2. The zero-order valence-corrected chi connectivity index (χ0v) is 18.3.